The topological polar surface area (TPSA) is 72.8 Å². The molecule has 0 aliphatic carbocycles. The Morgan fingerprint density at radius 2 is 0.632 bits per heavy atom. The van der Waals surface area contributed by atoms with Crippen molar-refractivity contribution in [2.45, 2.75) is 213 Å². The molecule has 0 saturated carbocycles. The van der Waals surface area contributed by atoms with Crippen LogP contribution in [0.15, 0.2) is 158 Å². The van der Waals surface area contributed by atoms with Gasteiger partial charge in [0.15, 0.2) is 6.10 Å². The van der Waals surface area contributed by atoms with Crippen LogP contribution in [0, 0.1) is 0 Å². The number of rotatable bonds is 47. The van der Waals surface area contributed by atoms with Gasteiger partial charge in [0.05, 0.1) is 6.61 Å². The maximum atomic E-state index is 12.3. The second-order valence-electron chi connectivity index (χ2n) is 17.2. The first-order valence-electron chi connectivity index (χ1n) is 27.0. The van der Waals surface area contributed by atoms with E-state index in [1.54, 1.807) is 0 Å². The number of hydrogen-bond acceptors (Lipinski definition) is 5. The number of esters is 2. The predicted octanol–water partition coefficient (Wildman–Crippen LogP) is 18.4. The van der Waals surface area contributed by atoms with Gasteiger partial charge in [-0.1, -0.05) is 223 Å². The molecule has 0 saturated heterocycles. The average Bonchev–Trinajstić information content (AvgIpc) is 3.34. The van der Waals surface area contributed by atoms with Gasteiger partial charge in [-0.25, -0.2) is 0 Å². The Balaban J connectivity index is 3.69. The van der Waals surface area contributed by atoms with Crippen molar-refractivity contribution < 1.29 is 24.2 Å². The molecule has 0 aromatic heterocycles. The summed E-state index contributed by atoms with van der Waals surface area (Å²) in [6, 6.07) is 0. The van der Waals surface area contributed by atoms with Crippen LogP contribution in [0.25, 0.3) is 0 Å². The Morgan fingerprint density at radius 1 is 0.353 bits per heavy atom. The second-order valence-corrected chi connectivity index (χ2v) is 17.2. The van der Waals surface area contributed by atoms with Crippen molar-refractivity contribution in [3.8, 4) is 0 Å². The molecule has 0 aromatic rings. The largest absolute Gasteiger partial charge is 0.462 e. The molecule has 5 nitrogen and oxygen atoms in total. The van der Waals surface area contributed by atoms with Crippen LogP contribution in [-0.2, 0) is 19.1 Å². The molecule has 5 heteroatoms. The van der Waals surface area contributed by atoms with Crippen LogP contribution in [-0.4, -0.2) is 36.4 Å². The van der Waals surface area contributed by atoms with E-state index in [0.717, 1.165) is 135 Å². The van der Waals surface area contributed by atoms with E-state index < -0.39 is 6.10 Å². The quantitative estimate of drug-likeness (QED) is 0.0374. The molecule has 1 atom stereocenters. The van der Waals surface area contributed by atoms with Crippen molar-refractivity contribution in [1.82, 2.24) is 0 Å². The van der Waals surface area contributed by atoms with Crippen LogP contribution in [0.2, 0.25) is 0 Å². The Bertz CT molecular complexity index is 1520. The number of aliphatic hydroxyl groups excluding tert-OH is 1. The van der Waals surface area contributed by atoms with Gasteiger partial charge in [-0.2, -0.15) is 0 Å². The van der Waals surface area contributed by atoms with Crippen molar-refractivity contribution in [1.29, 1.82) is 0 Å². The van der Waals surface area contributed by atoms with Crippen molar-refractivity contribution in [3.05, 3.63) is 158 Å². The third-order valence-electron chi connectivity index (χ3n) is 10.8. The van der Waals surface area contributed by atoms with Crippen LogP contribution in [0.3, 0.4) is 0 Å². The van der Waals surface area contributed by atoms with Crippen molar-refractivity contribution in [2.24, 2.45) is 0 Å². The highest BCUT2D eigenvalue weighted by atomic mass is 16.6. The first kappa shape index (κ1) is 63.5. The standard InChI is InChI=1S/C63H98O5/c1-3-5-7-9-11-13-15-17-18-19-20-21-22-23-24-25-26-27-28-29-30-31-32-33-34-35-36-37-38-39-40-41-42-43-44-46-48-50-52-54-56-58-63(66)68-61(59-64)60-67-62(65)57-55-53-51-49-47-45-16-14-12-10-8-6-4-2/h5,7,11,13-14,16-18,20-21,23-24,26-27,29-30,32-33,35-36,38-39,41-42,44,46,61,64H,3-4,6,8-10,12,15,19,22,25,28,31,34,37,40,43,45,47-60H2,1-2H3/b7-5-,13-11-,16-14-,18-17-,21-20-,24-23-,27-26-,30-29-,33-32-,36-35-,39-38-,42-41-,46-44-. The summed E-state index contributed by atoms with van der Waals surface area (Å²) in [4.78, 5) is 24.4. The van der Waals surface area contributed by atoms with Gasteiger partial charge in [-0.05, 0) is 128 Å². The Hall–Kier alpha value is -4.48. The van der Waals surface area contributed by atoms with Gasteiger partial charge in [-0.15, -0.1) is 0 Å². The highest BCUT2D eigenvalue weighted by Gasteiger charge is 2.16. The molecule has 0 spiro atoms. The maximum Gasteiger partial charge on any atom is 0.306 e. The molecule has 0 heterocycles. The average molecular weight is 935 g/mol. The molecule has 1 unspecified atom stereocenters. The number of carbonyl (C=O) groups excluding carboxylic acids is 2. The van der Waals surface area contributed by atoms with Crippen LogP contribution < -0.4 is 0 Å². The summed E-state index contributed by atoms with van der Waals surface area (Å²) < 4.78 is 10.6. The molecule has 0 radical (unpaired) electrons. The third-order valence-corrected chi connectivity index (χ3v) is 10.8. The van der Waals surface area contributed by atoms with E-state index in [4.69, 9.17) is 9.47 Å². The van der Waals surface area contributed by atoms with E-state index >= 15 is 0 Å². The molecule has 0 aliphatic rings. The molecule has 1 N–H and O–H groups in total. The maximum absolute atomic E-state index is 12.3. The molecular formula is C63H98O5. The molecule has 0 bridgehead atoms. The highest BCUT2D eigenvalue weighted by Crippen LogP contribution is 2.11. The van der Waals surface area contributed by atoms with Gasteiger partial charge >= 0.3 is 11.9 Å². The number of hydrogen-bond donors (Lipinski definition) is 1. The molecule has 0 amide bonds. The normalized spacial score (nSPS) is 13.5. The van der Waals surface area contributed by atoms with E-state index in [1.165, 1.54) is 44.9 Å². The lowest BCUT2D eigenvalue weighted by Crippen LogP contribution is -2.28. The van der Waals surface area contributed by atoms with E-state index in [1.807, 2.05) is 0 Å². The number of unbranched alkanes of at least 4 members (excludes halogenated alkanes) is 13. The zero-order valence-electron chi connectivity index (χ0n) is 43.3. The lowest BCUT2D eigenvalue weighted by atomic mass is 10.1. The molecular weight excluding hydrogens is 837 g/mol. The van der Waals surface area contributed by atoms with E-state index in [9.17, 15) is 14.7 Å². The summed E-state index contributed by atoms with van der Waals surface area (Å²) in [5, 5.41) is 9.60. The molecule has 0 aliphatic heterocycles. The van der Waals surface area contributed by atoms with E-state index in [2.05, 4.69) is 172 Å². The third kappa shape index (κ3) is 54.1. The fourth-order valence-electron chi connectivity index (χ4n) is 6.76. The van der Waals surface area contributed by atoms with Crippen LogP contribution >= 0.6 is 0 Å². The van der Waals surface area contributed by atoms with Crippen molar-refractivity contribution in [3.63, 3.8) is 0 Å². The van der Waals surface area contributed by atoms with Gasteiger partial charge in [0.2, 0.25) is 0 Å². The zero-order chi connectivity index (χ0) is 49.2. The van der Waals surface area contributed by atoms with Crippen molar-refractivity contribution in [2.75, 3.05) is 13.2 Å². The van der Waals surface area contributed by atoms with Crippen LogP contribution in [0.5, 0.6) is 0 Å². The Labute approximate surface area is 418 Å². The number of carbonyl (C=O) groups is 2. The first-order valence-corrected chi connectivity index (χ1v) is 27.0. The fourth-order valence-corrected chi connectivity index (χ4v) is 6.76. The first-order chi connectivity index (χ1) is 33.6. The minimum absolute atomic E-state index is 0.0898. The van der Waals surface area contributed by atoms with E-state index in [0.29, 0.717) is 12.8 Å². The summed E-state index contributed by atoms with van der Waals surface area (Å²) in [5.41, 5.74) is 0. The van der Waals surface area contributed by atoms with Gasteiger partial charge in [0, 0.05) is 12.8 Å². The van der Waals surface area contributed by atoms with Crippen LogP contribution in [0.1, 0.15) is 206 Å². The summed E-state index contributed by atoms with van der Waals surface area (Å²) in [5.74, 6) is -0.643. The summed E-state index contributed by atoms with van der Waals surface area (Å²) in [7, 11) is 0. The Morgan fingerprint density at radius 3 is 0.971 bits per heavy atom. The van der Waals surface area contributed by atoms with Gasteiger partial charge in [0.1, 0.15) is 6.61 Å². The summed E-state index contributed by atoms with van der Waals surface area (Å²) in [6.07, 6.45) is 87.8. The molecule has 0 fully saturated rings. The van der Waals surface area contributed by atoms with Crippen LogP contribution in [0.4, 0.5) is 0 Å². The monoisotopic (exact) mass is 935 g/mol. The lowest BCUT2D eigenvalue weighted by molar-refractivity contribution is -0.161. The zero-order valence-corrected chi connectivity index (χ0v) is 43.3. The molecule has 380 valence electrons. The van der Waals surface area contributed by atoms with Gasteiger partial charge in [-0.3, -0.25) is 9.59 Å². The second kappa shape index (κ2) is 56.8. The van der Waals surface area contributed by atoms with Crippen molar-refractivity contribution >= 4 is 11.9 Å². The summed E-state index contributed by atoms with van der Waals surface area (Å²) >= 11 is 0. The SMILES string of the molecule is CC/C=C\C/C=C\C/C=C\C/C=C\C/C=C\C/C=C\C/C=C\C/C=C\C/C=C\C/C=C\C/C=C\C/C=C\CCCCCCC(=O)OC(CO)COC(=O)CCCCCCC/C=C\CCCCCC. The highest BCUT2D eigenvalue weighted by molar-refractivity contribution is 5.70. The number of allylic oxidation sites excluding steroid dienone is 26. The number of ether oxygens (including phenoxy) is 2. The minimum atomic E-state index is -0.799. The smallest absolute Gasteiger partial charge is 0.306 e. The fraction of sp³-hybridized carbons (Fsp3) is 0.556. The van der Waals surface area contributed by atoms with Gasteiger partial charge in [0.25, 0.3) is 0 Å². The predicted molar refractivity (Wildman–Crippen MR) is 297 cm³/mol. The molecule has 0 aromatic carbocycles. The van der Waals surface area contributed by atoms with Gasteiger partial charge < -0.3 is 14.6 Å². The Kier molecular flexibility index (Phi) is 53.1. The lowest BCUT2D eigenvalue weighted by Gasteiger charge is -2.15. The summed E-state index contributed by atoms with van der Waals surface area (Å²) in [6.45, 7) is 3.96. The minimum Gasteiger partial charge on any atom is -0.462 e. The van der Waals surface area contributed by atoms with E-state index in [-0.39, 0.29) is 25.2 Å². The molecule has 0 rings (SSSR count). The number of aliphatic hydroxyl groups is 1. The molecule has 68 heavy (non-hydrogen) atoms.